The average molecular weight is 295 g/mol. The van der Waals surface area contributed by atoms with Crippen LogP contribution in [0, 0.1) is 18.8 Å². The van der Waals surface area contributed by atoms with Crippen molar-refractivity contribution in [1.29, 1.82) is 0 Å². The molecule has 1 N–H and O–H groups in total. The topological polar surface area (TPSA) is 49.8 Å². The zero-order chi connectivity index (χ0) is 15.0. The smallest absolute Gasteiger partial charge is 0.263 e. The number of ether oxygens (including phenoxy) is 1. The predicted octanol–water partition coefficient (Wildman–Crippen LogP) is 1.90. The number of carbonyl (C=O) groups excluding carboxylic acids is 1. The summed E-state index contributed by atoms with van der Waals surface area (Å²) in [4.78, 5) is 15.5. The number of hydrogen-bond acceptors (Lipinski definition) is 4. The molecule has 0 aromatic carbocycles. The predicted molar refractivity (Wildman–Crippen MR) is 81.1 cm³/mol. The quantitative estimate of drug-likeness (QED) is 0.644. The van der Waals surface area contributed by atoms with E-state index in [2.05, 4.69) is 11.8 Å². The van der Waals surface area contributed by atoms with Gasteiger partial charge in [-0.1, -0.05) is 11.8 Å². The minimum Gasteiger partial charge on any atom is -0.395 e. The number of hydrogen-bond donors (Lipinski definition) is 1. The van der Waals surface area contributed by atoms with Crippen LogP contribution >= 0.6 is 11.3 Å². The highest BCUT2D eigenvalue weighted by atomic mass is 32.1. The SMILES string of the molecule is CCOCCN(C)C(=O)c1cc(C)c(C#CCCO)s1. The number of thiophene rings is 1. The molecule has 1 amide bonds. The Labute approximate surface area is 124 Å². The summed E-state index contributed by atoms with van der Waals surface area (Å²) in [5.41, 5.74) is 1.00. The van der Waals surface area contributed by atoms with E-state index >= 15 is 0 Å². The number of rotatable bonds is 6. The van der Waals surface area contributed by atoms with Crippen molar-refractivity contribution in [2.45, 2.75) is 20.3 Å². The molecule has 0 aliphatic rings. The van der Waals surface area contributed by atoms with Crippen molar-refractivity contribution >= 4 is 17.2 Å². The van der Waals surface area contributed by atoms with Crippen LogP contribution in [0.15, 0.2) is 6.07 Å². The van der Waals surface area contributed by atoms with E-state index in [1.54, 1.807) is 11.9 Å². The van der Waals surface area contributed by atoms with E-state index in [-0.39, 0.29) is 12.5 Å². The summed E-state index contributed by atoms with van der Waals surface area (Å²) in [5.74, 6) is 5.87. The van der Waals surface area contributed by atoms with Gasteiger partial charge in [0.2, 0.25) is 0 Å². The number of aliphatic hydroxyl groups excluding tert-OH is 1. The Kier molecular flexibility index (Phi) is 7.31. The Morgan fingerprint density at radius 3 is 2.95 bits per heavy atom. The van der Waals surface area contributed by atoms with Gasteiger partial charge in [0.15, 0.2) is 0 Å². The lowest BCUT2D eigenvalue weighted by Gasteiger charge is -2.15. The van der Waals surface area contributed by atoms with Gasteiger partial charge in [0.1, 0.15) is 0 Å². The molecule has 1 aromatic rings. The van der Waals surface area contributed by atoms with Crippen LogP contribution in [-0.2, 0) is 4.74 Å². The van der Waals surface area contributed by atoms with Gasteiger partial charge in [0.05, 0.1) is 23.0 Å². The Morgan fingerprint density at radius 2 is 2.30 bits per heavy atom. The molecule has 110 valence electrons. The molecule has 1 heterocycles. The van der Waals surface area contributed by atoms with Crippen LogP contribution in [0.1, 0.15) is 33.5 Å². The lowest BCUT2D eigenvalue weighted by atomic mass is 10.2. The first kappa shape index (κ1) is 16.7. The fraction of sp³-hybridized carbons (Fsp3) is 0.533. The van der Waals surface area contributed by atoms with Crippen LogP contribution in [-0.4, -0.2) is 49.3 Å². The summed E-state index contributed by atoms with van der Waals surface area (Å²) in [6, 6.07) is 1.87. The molecule has 0 atom stereocenters. The zero-order valence-electron chi connectivity index (χ0n) is 12.2. The third-order valence-corrected chi connectivity index (χ3v) is 3.83. The molecule has 1 rings (SSSR count). The van der Waals surface area contributed by atoms with E-state index in [1.165, 1.54) is 11.3 Å². The van der Waals surface area contributed by atoms with Gasteiger partial charge in [-0.05, 0) is 25.5 Å². The summed E-state index contributed by atoms with van der Waals surface area (Å²) in [5, 5.41) is 8.71. The Hall–Kier alpha value is -1.35. The molecular weight excluding hydrogens is 274 g/mol. The number of aliphatic hydroxyl groups is 1. The van der Waals surface area contributed by atoms with Gasteiger partial charge in [-0.2, -0.15) is 0 Å². The Morgan fingerprint density at radius 1 is 1.55 bits per heavy atom. The summed E-state index contributed by atoms with van der Waals surface area (Å²) < 4.78 is 5.25. The van der Waals surface area contributed by atoms with Gasteiger partial charge >= 0.3 is 0 Å². The largest absolute Gasteiger partial charge is 0.395 e. The highest BCUT2D eigenvalue weighted by Crippen LogP contribution is 2.22. The van der Waals surface area contributed by atoms with E-state index in [0.29, 0.717) is 31.1 Å². The second-order valence-electron chi connectivity index (χ2n) is 4.32. The number of amides is 1. The molecule has 0 spiro atoms. The highest BCUT2D eigenvalue weighted by Gasteiger charge is 2.15. The van der Waals surface area contributed by atoms with Gasteiger partial charge in [-0.15, -0.1) is 11.3 Å². The van der Waals surface area contributed by atoms with Crippen molar-refractivity contribution in [2.24, 2.45) is 0 Å². The fourth-order valence-electron chi connectivity index (χ4n) is 1.55. The number of nitrogens with zero attached hydrogens (tertiary/aromatic N) is 1. The van der Waals surface area contributed by atoms with Crippen molar-refractivity contribution in [3.05, 3.63) is 21.4 Å². The molecule has 0 aliphatic heterocycles. The number of likely N-dealkylation sites (N-methyl/N-ethyl adjacent to an activating group) is 1. The number of carbonyl (C=O) groups is 1. The molecule has 20 heavy (non-hydrogen) atoms. The minimum absolute atomic E-state index is 0.00647. The first-order valence-corrected chi connectivity index (χ1v) is 7.45. The lowest BCUT2D eigenvalue weighted by Crippen LogP contribution is -2.29. The van der Waals surface area contributed by atoms with Gasteiger partial charge in [0, 0.05) is 26.6 Å². The summed E-state index contributed by atoms with van der Waals surface area (Å²) in [6.45, 7) is 5.72. The first-order valence-electron chi connectivity index (χ1n) is 6.63. The van der Waals surface area contributed by atoms with Gasteiger partial charge < -0.3 is 14.7 Å². The third kappa shape index (κ3) is 4.97. The summed E-state index contributed by atoms with van der Waals surface area (Å²) in [6.07, 6.45) is 0.453. The molecule has 0 saturated heterocycles. The second-order valence-corrected chi connectivity index (χ2v) is 5.37. The van der Waals surface area contributed by atoms with Crippen molar-refractivity contribution in [1.82, 2.24) is 4.90 Å². The van der Waals surface area contributed by atoms with Crippen molar-refractivity contribution in [2.75, 3.05) is 33.4 Å². The molecule has 0 saturated carbocycles. The zero-order valence-corrected chi connectivity index (χ0v) is 13.0. The molecule has 0 aliphatic carbocycles. The van der Waals surface area contributed by atoms with Crippen LogP contribution in [0.25, 0.3) is 0 Å². The molecule has 5 heteroatoms. The van der Waals surface area contributed by atoms with Crippen LogP contribution in [0.2, 0.25) is 0 Å². The van der Waals surface area contributed by atoms with E-state index in [1.807, 2.05) is 19.9 Å². The standard InChI is InChI=1S/C15H21NO3S/c1-4-19-10-8-16(3)15(18)14-11-12(2)13(20-14)7-5-6-9-17/h11,17H,4,6,8-10H2,1-3H3. The van der Waals surface area contributed by atoms with Crippen LogP contribution in [0.4, 0.5) is 0 Å². The maximum atomic E-state index is 12.2. The van der Waals surface area contributed by atoms with Crippen molar-refractivity contribution in [3.63, 3.8) is 0 Å². The van der Waals surface area contributed by atoms with Crippen LogP contribution in [0.5, 0.6) is 0 Å². The Bertz CT molecular complexity index is 499. The summed E-state index contributed by atoms with van der Waals surface area (Å²) in [7, 11) is 1.77. The highest BCUT2D eigenvalue weighted by molar-refractivity contribution is 7.14. The third-order valence-electron chi connectivity index (χ3n) is 2.69. The second kappa shape index (κ2) is 8.75. The minimum atomic E-state index is -0.00647. The monoisotopic (exact) mass is 295 g/mol. The molecule has 0 unspecified atom stereocenters. The Balaban J connectivity index is 2.70. The molecular formula is C15H21NO3S. The molecule has 1 aromatic heterocycles. The van der Waals surface area contributed by atoms with E-state index in [9.17, 15) is 4.79 Å². The normalized spacial score (nSPS) is 10.0. The van der Waals surface area contributed by atoms with Crippen molar-refractivity contribution < 1.29 is 14.6 Å². The van der Waals surface area contributed by atoms with Gasteiger partial charge in [0.25, 0.3) is 5.91 Å². The first-order chi connectivity index (χ1) is 9.60. The van der Waals surface area contributed by atoms with E-state index in [4.69, 9.17) is 9.84 Å². The number of aryl methyl sites for hydroxylation is 1. The molecule has 4 nitrogen and oxygen atoms in total. The van der Waals surface area contributed by atoms with Crippen LogP contribution in [0.3, 0.4) is 0 Å². The average Bonchev–Trinajstić information content (AvgIpc) is 2.80. The summed E-state index contributed by atoms with van der Waals surface area (Å²) >= 11 is 1.40. The van der Waals surface area contributed by atoms with Crippen LogP contribution < -0.4 is 0 Å². The van der Waals surface area contributed by atoms with E-state index < -0.39 is 0 Å². The molecule has 0 bridgehead atoms. The lowest BCUT2D eigenvalue weighted by molar-refractivity contribution is 0.0714. The maximum absolute atomic E-state index is 12.2. The molecule has 0 radical (unpaired) electrons. The van der Waals surface area contributed by atoms with E-state index in [0.717, 1.165) is 10.4 Å². The fourth-order valence-corrected chi connectivity index (χ4v) is 2.59. The van der Waals surface area contributed by atoms with Gasteiger partial charge in [-0.3, -0.25) is 4.79 Å². The molecule has 0 fully saturated rings. The van der Waals surface area contributed by atoms with Gasteiger partial charge in [-0.25, -0.2) is 0 Å². The maximum Gasteiger partial charge on any atom is 0.263 e. The van der Waals surface area contributed by atoms with Crippen molar-refractivity contribution in [3.8, 4) is 11.8 Å².